The maximum atomic E-state index is 12.8. The quantitative estimate of drug-likeness (QED) is 0.539. The number of methoxy groups -OCH3 is 1. The van der Waals surface area contributed by atoms with Crippen molar-refractivity contribution >= 4 is 11.9 Å². The number of ether oxygens (including phenoxy) is 4. The second kappa shape index (κ2) is 8.03. The molecule has 5 heteroatoms. The van der Waals surface area contributed by atoms with E-state index in [9.17, 15) is 4.79 Å². The molecule has 2 heterocycles. The zero-order valence-electron chi connectivity index (χ0n) is 17.0. The van der Waals surface area contributed by atoms with Crippen LogP contribution in [0.3, 0.4) is 0 Å². The molecule has 0 bridgehead atoms. The van der Waals surface area contributed by atoms with Crippen LogP contribution in [0.5, 0.6) is 23.0 Å². The third-order valence-electron chi connectivity index (χ3n) is 5.18. The summed E-state index contributed by atoms with van der Waals surface area (Å²) in [6, 6.07) is 20.7. The number of carbonyl (C=O) groups excluding carboxylic acids is 1. The van der Waals surface area contributed by atoms with Gasteiger partial charge in [-0.15, -0.1) is 0 Å². The van der Waals surface area contributed by atoms with Gasteiger partial charge in [0, 0.05) is 11.6 Å². The summed E-state index contributed by atoms with van der Waals surface area (Å²) in [5, 5.41) is 0. The van der Waals surface area contributed by atoms with Gasteiger partial charge in [-0.25, -0.2) is 0 Å². The molecular formula is C26H20O5. The van der Waals surface area contributed by atoms with E-state index in [2.05, 4.69) is 0 Å². The average molecular weight is 412 g/mol. The lowest BCUT2D eigenvalue weighted by molar-refractivity contribution is 0.101. The smallest absolute Gasteiger partial charge is 0.231 e. The van der Waals surface area contributed by atoms with Gasteiger partial charge in [-0.2, -0.15) is 0 Å². The largest absolute Gasteiger partial charge is 0.497 e. The van der Waals surface area contributed by atoms with Crippen molar-refractivity contribution in [2.45, 2.75) is 6.61 Å². The highest BCUT2D eigenvalue weighted by Gasteiger charge is 2.28. The van der Waals surface area contributed by atoms with Crippen LogP contribution in [-0.2, 0) is 6.61 Å². The first-order valence-corrected chi connectivity index (χ1v) is 9.96. The Hall–Kier alpha value is -3.99. The van der Waals surface area contributed by atoms with Crippen LogP contribution in [0, 0.1) is 0 Å². The van der Waals surface area contributed by atoms with Crippen molar-refractivity contribution in [2.24, 2.45) is 0 Å². The Labute approximate surface area is 180 Å². The number of ketones is 1. The van der Waals surface area contributed by atoms with E-state index in [0.717, 1.165) is 28.2 Å². The summed E-state index contributed by atoms with van der Waals surface area (Å²) in [5.74, 6) is 2.92. The van der Waals surface area contributed by atoms with Crippen molar-refractivity contribution in [3.63, 3.8) is 0 Å². The molecule has 0 saturated heterocycles. The van der Waals surface area contributed by atoms with Gasteiger partial charge in [-0.1, -0.05) is 30.3 Å². The fraction of sp³-hybridized carbons (Fsp3) is 0.115. The highest BCUT2D eigenvalue weighted by atomic mass is 16.5. The van der Waals surface area contributed by atoms with Gasteiger partial charge >= 0.3 is 0 Å². The molecule has 31 heavy (non-hydrogen) atoms. The fourth-order valence-electron chi connectivity index (χ4n) is 3.53. The van der Waals surface area contributed by atoms with E-state index in [0.29, 0.717) is 30.3 Å². The van der Waals surface area contributed by atoms with Crippen LogP contribution in [0.25, 0.3) is 6.08 Å². The van der Waals surface area contributed by atoms with E-state index in [-0.39, 0.29) is 11.5 Å². The number of carbonyl (C=O) groups is 1. The average Bonchev–Trinajstić information content (AvgIpc) is 3.12. The Balaban J connectivity index is 1.31. The summed E-state index contributed by atoms with van der Waals surface area (Å²) >= 11 is 0. The Morgan fingerprint density at radius 2 is 1.77 bits per heavy atom. The monoisotopic (exact) mass is 412 g/mol. The molecule has 0 saturated carbocycles. The van der Waals surface area contributed by atoms with Gasteiger partial charge in [0.25, 0.3) is 0 Å². The first kappa shape index (κ1) is 19.0. The minimum Gasteiger partial charge on any atom is -0.497 e. The molecule has 0 aliphatic carbocycles. The van der Waals surface area contributed by atoms with E-state index in [1.165, 1.54) is 0 Å². The summed E-state index contributed by atoms with van der Waals surface area (Å²) in [5.41, 5.74) is 3.41. The number of hydrogen-bond acceptors (Lipinski definition) is 5. The third-order valence-corrected chi connectivity index (χ3v) is 5.18. The zero-order valence-corrected chi connectivity index (χ0v) is 17.0. The van der Waals surface area contributed by atoms with E-state index in [1.54, 1.807) is 31.4 Å². The van der Waals surface area contributed by atoms with Crippen molar-refractivity contribution in [1.82, 2.24) is 0 Å². The Morgan fingerprint density at radius 3 is 2.61 bits per heavy atom. The number of para-hydroxylation sites is 1. The van der Waals surface area contributed by atoms with Crippen LogP contribution in [0.15, 0.2) is 84.1 Å². The maximum Gasteiger partial charge on any atom is 0.231 e. The first-order valence-electron chi connectivity index (χ1n) is 9.96. The zero-order chi connectivity index (χ0) is 21.2. The van der Waals surface area contributed by atoms with Gasteiger partial charge in [-0.05, 0) is 53.6 Å². The van der Waals surface area contributed by atoms with Crippen molar-refractivity contribution in [3.8, 4) is 23.0 Å². The number of rotatable bonds is 5. The van der Waals surface area contributed by atoms with E-state index >= 15 is 0 Å². The van der Waals surface area contributed by atoms with Crippen LogP contribution in [0.1, 0.15) is 21.5 Å². The van der Waals surface area contributed by atoms with Crippen molar-refractivity contribution in [1.29, 1.82) is 0 Å². The highest BCUT2D eigenvalue weighted by Crippen LogP contribution is 2.35. The topological polar surface area (TPSA) is 54.0 Å². The third kappa shape index (κ3) is 3.90. The van der Waals surface area contributed by atoms with Gasteiger partial charge in [0.2, 0.25) is 5.78 Å². The van der Waals surface area contributed by atoms with Gasteiger partial charge in [-0.3, -0.25) is 4.79 Å². The summed E-state index contributed by atoms with van der Waals surface area (Å²) in [6.07, 6.45) is 3.75. The molecule has 3 aromatic carbocycles. The minimum absolute atomic E-state index is 0.142. The van der Waals surface area contributed by atoms with E-state index < -0.39 is 0 Å². The second-order valence-electron chi connectivity index (χ2n) is 7.28. The number of allylic oxidation sites excluding steroid dienone is 1. The molecule has 5 rings (SSSR count). The van der Waals surface area contributed by atoms with Crippen LogP contribution >= 0.6 is 0 Å². The summed E-state index contributed by atoms with van der Waals surface area (Å²) in [7, 11) is 1.64. The van der Waals surface area contributed by atoms with Crippen molar-refractivity contribution in [2.75, 3.05) is 13.7 Å². The summed E-state index contributed by atoms with van der Waals surface area (Å²) in [6.45, 7) is 0.798. The molecule has 3 aromatic rings. The highest BCUT2D eigenvalue weighted by molar-refractivity contribution is 6.12. The van der Waals surface area contributed by atoms with E-state index in [1.807, 2.05) is 54.6 Å². The van der Waals surface area contributed by atoms with Crippen molar-refractivity contribution in [3.05, 3.63) is 101 Å². The molecule has 0 N–H and O–H groups in total. The summed E-state index contributed by atoms with van der Waals surface area (Å²) in [4.78, 5) is 12.8. The lowest BCUT2D eigenvalue weighted by atomic mass is 10.1. The SMILES string of the molecule is COc1ccc(COc2ccc3c(c2)OC(=CC2=Cc4ccccc4OC2)C3=O)cc1. The minimum atomic E-state index is -0.142. The summed E-state index contributed by atoms with van der Waals surface area (Å²) < 4.78 is 22.6. The van der Waals surface area contributed by atoms with Gasteiger partial charge in [0.05, 0.1) is 12.7 Å². The molecule has 2 aliphatic heterocycles. The van der Waals surface area contributed by atoms with Crippen LogP contribution in [0.2, 0.25) is 0 Å². The predicted octanol–water partition coefficient (Wildman–Crippen LogP) is 5.21. The molecule has 154 valence electrons. The standard InChI is InChI=1S/C26H20O5/c1-28-20-8-6-17(7-9-20)15-29-21-10-11-22-24(14-21)31-25(26(22)27)13-18-12-19-4-2-3-5-23(19)30-16-18/h2-14H,15-16H2,1H3. The molecule has 0 atom stereocenters. The Morgan fingerprint density at radius 1 is 0.968 bits per heavy atom. The first-order chi connectivity index (χ1) is 15.2. The normalized spacial score (nSPS) is 15.5. The maximum absolute atomic E-state index is 12.8. The van der Waals surface area contributed by atoms with Gasteiger partial charge in [0.1, 0.15) is 36.2 Å². The molecule has 5 nitrogen and oxygen atoms in total. The van der Waals surface area contributed by atoms with Crippen LogP contribution in [0.4, 0.5) is 0 Å². The lowest BCUT2D eigenvalue weighted by Gasteiger charge is -2.15. The van der Waals surface area contributed by atoms with Crippen LogP contribution in [-0.4, -0.2) is 19.5 Å². The fourth-order valence-corrected chi connectivity index (χ4v) is 3.53. The molecule has 0 amide bonds. The van der Waals surface area contributed by atoms with Crippen molar-refractivity contribution < 1.29 is 23.7 Å². The lowest BCUT2D eigenvalue weighted by Crippen LogP contribution is -2.08. The van der Waals surface area contributed by atoms with Crippen LogP contribution < -0.4 is 18.9 Å². The molecule has 0 aromatic heterocycles. The number of fused-ring (bicyclic) bond motifs is 2. The Kier molecular flexibility index (Phi) is 4.92. The van der Waals surface area contributed by atoms with E-state index in [4.69, 9.17) is 18.9 Å². The molecule has 0 radical (unpaired) electrons. The molecular weight excluding hydrogens is 392 g/mol. The van der Waals surface area contributed by atoms with Gasteiger partial charge in [0.15, 0.2) is 5.76 Å². The number of Topliss-reactive ketones (excluding diaryl/α,β-unsaturated/α-hetero) is 1. The second-order valence-corrected chi connectivity index (χ2v) is 7.28. The molecule has 0 fully saturated rings. The number of hydrogen-bond donors (Lipinski definition) is 0. The Bertz CT molecular complexity index is 1200. The molecule has 0 unspecified atom stereocenters. The molecule has 2 aliphatic rings. The molecule has 0 spiro atoms. The predicted molar refractivity (Wildman–Crippen MR) is 117 cm³/mol. The number of benzene rings is 3. The van der Waals surface area contributed by atoms with Gasteiger partial charge < -0.3 is 18.9 Å².